The molecule has 1 aromatic carbocycles. The smallest absolute Gasteiger partial charge is 0.117 e. The molecule has 0 bridgehead atoms. The van der Waals surface area contributed by atoms with Gasteiger partial charge in [0, 0.05) is 17.5 Å². The van der Waals surface area contributed by atoms with Crippen LogP contribution in [-0.4, -0.2) is 35.5 Å². The third kappa shape index (κ3) is 2.92. The number of anilines is 1. The molecule has 2 atom stereocenters. The molecule has 4 heteroatoms. The Morgan fingerprint density at radius 2 is 2.19 bits per heavy atom. The Kier molecular flexibility index (Phi) is 4.18. The van der Waals surface area contributed by atoms with Crippen LogP contribution in [0.5, 0.6) is 0 Å². The third-order valence-corrected chi connectivity index (χ3v) is 5.81. The first kappa shape index (κ1) is 14.8. The van der Waals surface area contributed by atoms with Crippen molar-refractivity contribution in [2.24, 2.45) is 5.92 Å². The van der Waals surface area contributed by atoms with Gasteiger partial charge in [-0.05, 0) is 56.5 Å². The fraction of sp³-hybridized carbons (Fsp3) is 0.588. The first-order valence-corrected chi connectivity index (χ1v) is 8.64. The monoisotopic (exact) mass is 303 g/mol. The van der Waals surface area contributed by atoms with Gasteiger partial charge >= 0.3 is 0 Å². The van der Waals surface area contributed by atoms with Crippen LogP contribution in [0.2, 0.25) is 0 Å². The lowest BCUT2D eigenvalue weighted by Crippen LogP contribution is -2.52. The van der Waals surface area contributed by atoms with E-state index in [-0.39, 0.29) is 5.54 Å². The van der Waals surface area contributed by atoms with Crippen LogP contribution in [0.3, 0.4) is 0 Å². The van der Waals surface area contributed by atoms with Gasteiger partial charge in [-0.3, -0.25) is 0 Å². The number of rotatable bonds is 4. The Hall–Kier alpha value is -1.13. The van der Waals surface area contributed by atoms with Crippen molar-refractivity contribution in [2.75, 3.05) is 26.0 Å². The zero-order valence-electron chi connectivity index (χ0n) is 13.2. The minimum absolute atomic E-state index is 0.281. The van der Waals surface area contributed by atoms with Crippen LogP contribution in [-0.2, 0) is 0 Å². The van der Waals surface area contributed by atoms with Gasteiger partial charge in [0.15, 0.2) is 0 Å². The lowest BCUT2D eigenvalue weighted by molar-refractivity contribution is 0.0883. The summed E-state index contributed by atoms with van der Waals surface area (Å²) in [7, 11) is 4.45. The van der Waals surface area contributed by atoms with Crippen LogP contribution in [0.25, 0.3) is 10.9 Å². The SMILES string of the molecule is CC1CCCC(CNc2snc3ccccc23)(N(C)C)C1. The molecule has 1 aliphatic carbocycles. The van der Waals surface area contributed by atoms with Crippen LogP contribution < -0.4 is 5.32 Å². The highest BCUT2D eigenvalue weighted by Crippen LogP contribution is 2.37. The Labute approximate surface area is 131 Å². The van der Waals surface area contributed by atoms with Gasteiger partial charge in [-0.2, -0.15) is 4.37 Å². The minimum atomic E-state index is 0.281. The second kappa shape index (κ2) is 5.93. The summed E-state index contributed by atoms with van der Waals surface area (Å²) in [6.07, 6.45) is 5.28. The van der Waals surface area contributed by atoms with Gasteiger partial charge < -0.3 is 10.2 Å². The number of fused-ring (bicyclic) bond motifs is 1. The summed E-state index contributed by atoms with van der Waals surface area (Å²) in [4.78, 5) is 2.43. The fourth-order valence-electron chi connectivity index (χ4n) is 3.62. The number of likely N-dealkylation sites (N-methyl/N-ethyl adjacent to an activating group) is 1. The molecule has 1 fully saturated rings. The van der Waals surface area contributed by atoms with E-state index >= 15 is 0 Å². The molecule has 1 N–H and O–H groups in total. The molecule has 1 aliphatic rings. The van der Waals surface area contributed by atoms with Crippen LogP contribution in [0.4, 0.5) is 5.00 Å². The summed E-state index contributed by atoms with van der Waals surface area (Å²) in [6.45, 7) is 3.40. The first-order valence-electron chi connectivity index (χ1n) is 7.86. The summed E-state index contributed by atoms with van der Waals surface area (Å²) < 4.78 is 4.53. The lowest BCUT2D eigenvalue weighted by Gasteiger charge is -2.45. The highest BCUT2D eigenvalue weighted by Gasteiger charge is 2.36. The van der Waals surface area contributed by atoms with Crippen LogP contribution in [0, 0.1) is 5.92 Å². The van der Waals surface area contributed by atoms with E-state index < -0.39 is 0 Å². The largest absolute Gasteiger partial charge is 0.373 e. The standard InChI is InChI=1S/C17H25N3S/c1-13-7-6-10-17(11-13,20(2)3)12-18-16-14-8-4-5-9-15(14)19-21-16/h4-5,8-9,13,18H,6-7,10-12H2,1-3H3. The molecule has 1 saturated carbocycles. The average molecular weight is 303 g/mol. The van der Waals surface area contributed by atoms with Crippen molar-refractivity contribution >= 4 is 27.4 Å². The maximum absolute atomic E-state index is 4.53. The second-order valence-corrected chi connectivity index (χ2v) is 7.48. The van der Waals surface area contributed by atoms with Crippen LogP contribution in [0.15, 0.2) is 24.3 Å². The second-order valence-electron chi connectivity index (χ2n) is 6.70. The average Bonchev–Trinajstić information content (AvgIpc) is 2.88. The zero-order valence-corrected chi connectivity index (χ0v) is 14.0. The molecule has 2 unspecified atom stereocenters. The molecule has 0 amide bonds. The zero-order chi connectivity index (χ0) is 14.9. The summed E-state index contributed by atoms with van der Waals surface area (Å²) in [5.41, 5.74) is 1.38. The number of aromatic nitrogens is 1. The Morgan fingerprint density at radius 3 is 2.95 bits per heavy atom. The number of benzene rings is 1. The number of hydrogen-bond donors (Lipinski definition) is 1. The van der Waals surface area contributed by atoms with Gasteiger partial charge in [0.1, 0.15) is 5.00 Å². The topological polar surface area (TPSA) is 28.2 Å². The Bertz CT molecular complexity index is 607. The van der Waals surface area contributed by atoms with E-state index in [0.29, 0.717) is 0 Å². The Morgan fingerprint density at radius 1 is 1.38 bits per heavy atom. The molecule has 21 heavy (non-hydrogen) atoms. The van der Waals surface area contributed by atoms with Crippen LogP contribution in [0.1, 0.15) is 32.6 Å². The van der Waals surface area contributed by atoms with E-state index in [9.17, 15) is 0 Å². The van der Waals surface area contributed by atoms with Crippen molar-refractivity contribution in [2.45, 2.75) is 38.1 Å². The van der Waals surface area contributed by atoms with Gasteiger partial charge in [0.25, 0.3) is 0 Å². The van der Waals surface area contributed by atoms with E-state index in [1.54, 1.807) is 11.5 Å². The van der Waals surface area contributed by atoms with Gasteiger partial charge in [-0.15, -0.1) is 0 Å². The number of hydrogen-bond acceptors (Lipinski definition) is 4. The molecule has 2 aromatic rings. The molecule has 1 aromatic heterocycles. The first-order chi connectivity index (χ1) is 10.1. The quantitative estimate of drug-likeness (QED) is 0.916. The number of nitrogens with one attached hydrogen (secondary N) is 1. The van der Waals surface area contributed by atoms with E-state index in [0.717, 1.165) is 18.0 Å². The molecular weight excluding hydrogens is 278 g/mol. The van der Waals surface area contributed by atoms with E-state index in [4.69, 9.17) is 0 Å². The summed E-state index contributed by atoms with van der Waals surface area (Å²) in [5, 5.41) is 6.16. The van der Waals surface area contributed by atoms with Crippen molar-refractivity contribution in [3.05, 3.63) is 24.3 Å². The van der Waals surface area contributed by atoms with E-state index in [2.05, 4.69) is 59.9 Å². The summed E-state index contributed by atoms with van der Waals surface area (Å²) >= 11 is 1.58. The Balaban J connectivity index is 1.78. The highest BCUT2D eigenvalue weighted by atomic mass is 32.1. The van der Waals surface area contributed by atoms with Gasteiger partial charge in [-0.25, -0.2) is 0 Å². The van der Waals surface area contributed by atoms with Crippen molar-refractivity contribution in [1.82, 2.24) is 9.27 Å². The summed E-state index contributed by atoms with van der Waals surface area (Å²) in [5.74, 6) is 0.821. The third-order valence-electron chi connectivity index (χ3n) is 4.98. The normalized spacial score (nSPS) is 26.4. The predicted molar refractivity (Wildman–Crippen MR) is 92.2 cm³/mol. The van der Waals surface area contributed by atoms with Crippen molar-refractivity contribution < 1.29 is 0 Å². The molecule has 0 radical (unpaired) electrons. The molecule has 0 saturated heterocycles. The molecule has 0 spiro atoms. The van der Waals surface area contributed by atoms with Crippen molar-refractivity contribution in [3.63, 3.8) is 0 Å². The lowest BCUT2D eigenvalue weighted by atomic mass is 9.75. The van der Waals surface area contributed by atoms with Gasteiger partial charge in [-0.1, -0.05) is 31.9 Å². The predicted octanol–water partition coefficient (Wildman–Crippen LogP) is 4.22. The fourth-order valence-corrected chi connectivity index (χ4v) is 4.38. The molecule has 1 heterocycles. The molecule has 3 nitrogen and oxygen atoms in total. The maximum Gasteiger partial charge on any atom is 0.117 e. The molecular formula is C17H25N3S. The molecule has 3 rings (SSSR count). The molecule has 0 aliphatic heterocycles. The van der Waals surface area contributed by atoms with E-state index in [1.807, 2.05) is 0 Å². The highest BCUT2D eigenvalue weighted by molar-refractivity contribution is 7.11. The van der Waals surface area contributed by atoms with Crippen molar-refractivity contribution in [1.29, 1.82) is 0 Å². The van der Waals surface area contributed by atoms with E-state index in [1.165, 1.54) is 36.1 Å². The molecule has 114 valence electrons. The summed E-state index contributed by atoms with van der Waals surface area (Å²) in [6, 6.07) is 8.39. The van der Waals surface area contributed by atoms with Gasteiger partial charge in [0.2, 0.25) is 0 Å². The van der Waals surface area contributed by atoms with Crippen LogP contribution >= 0.6 is 11.5 Å². The van der Waals surface area contributed by atoms with Gasteiger partial charge in [0.05, 0.1) is 5.52 Å². The van der Waals surface area contributed by atoms with Crippen molar-refractivity contribution in [3.8, 4) is 0 Å². The number of nitrogens with zero attached hydrogens (tertiary/aromatic N) is 2. The maximum atomic E-state index is 4.53. The minimum Gasteiger partial charge on any atom is -0.373 e.